The normalized spacial score (nSPS) is 10.0. The summed E-state index contributed by atoms with van der Waals surface area (Å²) >= 11 is 0. The SMILES string of the molecule is CCC(CC)COC(=O)OCN. The van der Waals surface area contributed by atoms with Crippen molar-refractivity contribution in [3.05, 3.63) is 0 Å². The molecule has 0 aromatic carbocycles. The van der Waals surface area contributed by atoms with E-state index in [9.17, 15) is 4.79 Å². The molecule has 0 heterocycles. The molecule has 4 nitrogen and oxygen atoms in total. The highest BCUT2D eigenvalue weighted by Crippen LogP contribution is 2.07. The third-order valence-corrected chi connectivity index (χ3v) is 1.79. The molecule has 0 unspecified atom stereocenters. The Morgan fingerprint density at radius 3 is 2.33 bits per heavy atom. The van der Waals surface area contributed by atoms with E-state index in [1.807, 2.05) is 0 Å². The first kappa shape index (κ1) is 11.2. The highest BCUT2D eigenvalue weighted by Gasteiger charge is 2.07. The van der Waals surface area contributed by atoms with E-state index in [1.165, 1.54) is 0 Å². The van der Waals surface area contributed by atoms with Gasteiger partial charge in [0.15, 0.2) is 0 Å². The van der Waals surface area contributed by atoms with Crippen molar-refractivity contribution in [2.24, 2.45) is 11.7 Å². The number of hydrogen-bond acceptors (Lipinski definition) is 4. The summed E-state index contributed by atoms with van der Waals surface area (Å²) in [5.41, 5.74) is 4.98. The van der Waals surface area contributed by atoms with Crippen molar-refractivity contribution >= 4 is 6.16 Å². The minimum atomic E-state index is -0.676. The van der Waals surface area contributed by atoms with Crippen LogP contribution < -0.4 is 5.73 Å². The first-order valence-electron chi connectivity index (χ1n) is 4.24. The lowest BCUT2D eigenvalue weighted by molar-refractivity contribution is 0.0450. The van der Waals surface area contributed by atoms with Gasteiger partial charge in [-0.2, -0.15) is 0 Å². The van der Waals surface area contributed by atoms with Crippen LogP contribution in [0.1, 0.15) is 26.7 Å². The summed E-state index contributed by atoms with van der Waals surface area (Å²) in [6.45, 7) is 4.42. The average Bonchev–Trinajstić information content (AvgIpc) is 2.07. The zero-order valence-corrected chi connectivity index (χ0v) is 7.71. The molecule has 0 rings (SSSR count). The molecule has 4 heteroatoms. The number of rotatable bonds is 5. The van der Waals surface area contributed by atoms with Gasteiger partial charge in [0, 0.05) is 0 Å². The average molecular weight is 175 g/mol. The van der Waals surface area contributed by atoms with E-state index in [1.54, 1.807) is 0 Å². The van der Waals surface area contributed by atoms with E-state index < -0.39 is 6.16 Å². The number of hydrogen-bond donors (Lipinski definition) is 1. The fourth-order valence-electron chi connectivity index (χ4n) is 0.820. The van der Waals surface area contributed by atoms with E-state index in [2.05, 4.69) is 18.6 Å². The van der Waals surface area contributed by atoms with Crippen molar-refractivity contribution in [3.8, 4) is 0 Å². The predicted molar refractivity (Wildman–Crippen MR) is 45.6 cm³/mol. The van der Waals surface area contributed by atoms with Gasteiger partial charge >= 0.3 is 6.16 Å². The second-order valence-corrected chi connectivity index (χ2v) is 2.55. The number of nitrogens with two attached hydrogens (primary N) is 1. The molecule has 0 atom stereocenters. The minimum absolute atomic E-state index is 0.123. The van der Waals surface area contributed by atoms with Crippen LogP contribution in [0.15, 0.2) is 0 Å². The maximum absolute atomic E-state index is 10.7. The molecule has 0 amide bonds. The summed E-state index contributed by atoms with van der Waals surface area (Å²) in [5, 5.41) is 0. The van der Waals surface area contributed by atoms with E-state index in [4.69, 9.17) is 10.5 Å². The molecule has 0 saturated heterocycles. The molecule has 0 fully saturated rings. The van der Waals surface area contributed by atoms with E-state index >= 15 is 0 Å². The highest BCUT2D eigenvalue weighted by molar-refractivity contribution is 5.59. The smallest absolute Gasteiger partial charge is 0.434 e. The van der Waals surface area contributed by atoms with Gasteiger partial charge < -0.3 is 9.47 Å². The minimum Gasteiger partial charge on any atom is -0.434 e. The van der Waals surface area contributed by atoms with Gasteiger partial charge in [-0.15, -0.1) is 0 Å². The van der Waals surface area contributed by atoms with E-state index in [-0.39, 0.29) is 6.73 Å². The third kappa shape index (κ3) is 4.96. The van der Waals surface area contributed by atoms with E-state index in [0.717, 1.165) is 12.8 Å². The summed E-state index contributed by atoms with van der Waals surface area (Å²) < 4.78 is 9.18. The van der Waals surface area contributed by atoms with Gasteiger partial charge in [0.1, 0.15) is 6.73 Å². The summed E-state index contributed by atoms with van der Waals surface area (Å²) in [6.07, 6.45) is 1.34. The van der Waals surface area contributed by atoms with Crippen molar-refractivity contribution in [3.63, 3.8) is 0 Å². The van der Waals surface area contributed by atoms with Gasteiger partial charge in [0.05, 0.1) is 6.61 Å². The van der Waals surface area contributed by atoms with Crippen molar-refractivity contribution in [2.45, 2.75) is 26.7 Å². The number of ether oxygens (including phenoxy) is 2. The Hall–Kier alpha value is -0.770. The fourth-order valence-corrected chi connectivity index (χ4v) is 0.820. The zero-order valence-electron chi connectivity index (χ0n) is 7.71. The Morgan fingerprint density at radius 2 is 1.92 bits per heavy atom. The molecule has 0 spiro atoms. The Bertz CT molecular complexity index is 123. The van der Waals surface area contributed by atoms with Gasteiger partial charge in [-0.3, -0.25) is 5.73 Å². The molecular weight excluding hydrogens is 158 g/mol. The highest BCUT2D eigenvalue weighted by atomic mass is 16.7. The van der Waals surface area contributed by atoms with Crippen LogP contribution in [0.4, 0.5) is 4.79 Å². The molecule has 0 saturated carbocycles. The lowest BCUT2D eigenvalue weighted by atomic mass is 10.1. The Balaban J connectivity index is 3.44. The molecule has 0 radical (unpaired) electrons. The third-order valence-electron chi connectivity index (χ3n) is 1.79. The molecule has 12 heavy (non-hydrogen) atoms. The lowest BCUT2D eigenvalue weighted by Gasteiger charge is -2.11. The van der Waals surface area contributed by atoms with Gasteiger partial charge in [0.2, 0.25) is 0 Å². The zero-order chi connectivity index (χ0) is 9.40. The molecule has 0 bridgehead atoms. The number of carbonyl (C=O) groups excluding carboxylic acids is 1. The molecule has 0 aromatic rings. The fraction of sp³-hybridized carbons (Fsp3) is 0.875. The molecule has 2 N–H and O–H groups in total. The van der Waals surface area contributed by atoms with E-state index in [0.29, 0.717) is 12.5 Å². The first-order chi connectivity index (χ1) is 5.74. The quantitative estimate of drug-likeness (QED) is 0.508. The van der Waals surface area contributed by atoms with Crippen LogP contribution in [0.3, 0.4) is 0 Å². The summed E-state index contributed by atoms with van der Waals surface area (Å²) in [7, 11) is 0. The van der Waals surface area contributed by atoms with Gasteiger partial charge in [-0.25, -0.2) is 4.79 Å². The van der Waals surface area contributed by atoms with Gasteiger partial charge in [-0.05, 0) is 5.92 Å². The van der Waals surface area contributed by atoms with Crippen LogP contribution in [0.2, 0.25) is 0 Å². The predicted octanol–water partition coefficient (Wildman–Crippen LogP) is 1.49. The first-order valence-corrected chi connectivity index (χ1v) is 4.24. The Kier molecular flexibility index (Phi) is 6.47. The van der Waals surface area contributed by atoms with Crippen molar-refractivity contribution < 1.29 is 14.3 Å². The molecular formula is C8H17NO3. The lowest BCUT2D eigenvalue weighted by Crippen LogP contribution is -2.17. The molecule has 72 valence electrons. The van der Waals surface area contributed by atoms with Crippen molar-refractivity contribution in [2.75, 3.05) is 13.3 Å². The van der Waals surface area contributed by atoms with Gasteiger partial charge in [-0.1, -0.05) is 26.7 Å². The standard InChI is InChI=1S/C8H17NO3/c1-3-7(4-2)5-11-8(10)12-6-9/h7H,3-6,9H2,1-2H3. The largest absolute Gasteiger partial charge is 0.509 e. The molecule has 0 aromatic heterocycles. The van der Waals surface area contributed by atoms with Crippen LogP contribution >= 0.6 is 0 Å². The summed E-state index contributed by atoms with van der Waals surface area (Å²) in [4.78, 5) is 10.7. The Morgan fingerprint density at radius 1 is 1.33 bits per heavy atom. The second kappa shape index (κ2) is 6.91. The van der Waals surface area contributed by atoms with Gasteiger partial charge in [0.25, 0.3) is 0 Å². The van der Waals surface area contributed by atoms with Crippen LogP contribution in [0.5, 0.6) is 0 Å². The second-order valence-electron chi connectivity index (χ2n) is 2.55. The summed E-state index contributed by atoms with van der Waals surface area (Å²) in [6, 6.07) is 0. The molecule has 0 aliphatic rings. The maximum Gasteiger partial charge on any atom is 0.509 e. The van der Waals surface area contributed by atoms with Crippen LogP contribution in [-0.4, -0.2) is 19.5 Å². The van der Waals surface area contributed by atoms with Crippen LogP contribution in [-0.2, 0) is 9.47 Å². The molecule has 0 aliphatic heterocycles. The number of carbonyl (C=O) groups is 1. The van der Waals surface area contributed by atoms with Crippen molar-refractivity contribution in [1.29, 1.82) is 0 Å². The van der Waals surface area contributed by atoms with Crippen molar-refractivity contribution in [1.82, 2.24) is 0 Å². The summed E-state index contributed by atoms with van der Waals surface area (Å²) in [5.74, 6) is 0.426. The Labute approximate surface area is 73.0 Å². The monoisotopic (exact) mass is 175 g/mol. The van der Waals surface area contributed by atoms with Crippen LogP contribution in [0, 0.1) is 5.92 Å². The molecule has 0 aliphatic carbocycles. The van der Waals surface area contributed by atoms with Crippen LogP contribution in [0.25, 0.3) is 0 Å². The topological polar surface area (TPSA) is 61.5 Å². The maximum atomic E-state index is 10.7.